The number of nitrogens with zero attached hydrogens (tertiary/aromatic N) is 1. The molecule has 5 heteroatoms. The summed E-state index contributed by atoms with van der Waals surface area (Å²) in [5, 5.41) is 0.629. The maximum Gasteiger partial charge on any atom is 0.333 e. The molecule has 1 heterocycles. The third-order valence-corrected chi connectivity index (χ3v) is 4.85. The van der Waals surface area contributed by atoms with Gasteiger partial charge in [-0.25, -0.2) is 4.79 Å². The first kappa shape index (κ1) is 23.4. The summed E-state index contributed by atoms with van der Waals surface area (Å²) in [7, 11) is 0. The average Bonchev–Trinajstić information content (AvgIpc) is 2.97. The zero-order valence-electron chi connectivity index (χ0n) is 17.0. The van der Waals surface area contributed by atoms with Gasteiger partial charge in [0.25, 0.3) is 11.8 Å². The van der Waals surface area contributed by atoms with Crippen molar-refractivity contribution in [3.63, 3.8) is 0 Å². The zero-order chi connectivity index (χ0) is 19.7. The third kappa shape index (κ3) is 11.6. The van der Waals surface area contributed by atoms with Crippen LogP contribution in [0.1, 0.15) is 110 Å². The Hall–Kier alpha value is -1.65. The number of amides is 2. The molecule has 0 aromatic rings. The van der Waals surface area contributed by atoms with E-state index in [0.717, 1.165) is 25.7 Å². The summed E-state index contributed by atoms with van der Waals surface area (Å²) in [4.78, 5) is 39.2. The van der Waals surface area contributed by atoms with Crippen molar-refractivity contribution in [2.45, 2.75) is 110 Å². The van der Waals surface area contributed by atoms with Crippen LogP contribution >= 0.6 is 0 Å². The number of carbonyl (C=O) groups excluding carboxylic acids is 3. The lowest BCUT2D eigenvalue weighted by Crippen LogP contribution is -2.31. The van der Waals surface area contributed by atoms with E-state index in [4.69, 9.17) is 4.84 Å². The monoisotopic (exact) mass is 379 g/mol. The normalized spacial score (nSPS) is 14.5. The van der Waals surface area contributed by atoms with E-state index in [0.29, 0.717) is 5.06 Å². The fraction of sp³-hybridized carbons (Fsp3) is 0.773. The molecule has 2 amide bonds. The van der Waals surface area contributed by atoms with E-state index >= 15 is 0 Å². The number of hydroxylamine groups is 2. The van der Waals surface area contributed by atoms with Crippen LogP contribution in [-0.2, 0) is 19.2 Å². The Bertz CT molecular complexity index is 457. The van der Waals surface area contributed by atoms with Crippen LogP contribution < -0.4 is 0 Å². The highest BCUT2D eigenvalue weighted by molar-refractivity contribution is 6.01. The van der Waals surface area contributed by atoms with Gasteiger partial charge in [0.05, 0.1) is 0 Å². The van der Waals surface area contributed by atoms with E-state index in [1.54, 1.807) is 0 Å². The Morgan fingerprint density at radius 3 is 1.81 bits per heavy atom. The molecule has 1 saturated heterocycles. The summed E-state index contributed by atoms with van der Waals surface area (Å²) < 4.78 is 0. The van der Waals surface area contributed by atoms with Crippen LogP contribution in [-0.4, -0.2) is 22.8 Å². The molecule has 1 rings (SSSR count). The molecule has 0 aromatic carbocycles. The summed E-state index contributed by atoms with van der Waals surface area (Å²) in [6.07, 6.45) is 20.8. The second-order valence-electron chi connectivity index (χ2n) is 7.35. The summed E-state index contributed by atoms with van der Waals surface area (Å²) in [5.41, 5.74) is 0. The van der Waals surface area contributed by atoms with Crippen molar-refractivity contribution in [3.8, 4) is 0 Å². The SMILES string of the molecule is CC/C=C\CCCCCCCCCCCCCC(=O)ON1C(=O)CCC1=O. The number of carbonyl (C=O) groups is 3. The van der Waals surface area contributed by atoms with Gasteiger partial charge in [-0.05, 0) is 25.7 Å². The van der Waals surface area contributed by atoms with Crippen LogP contribution in [0, 0.1) is 0 Å². The van der Waals surface area contributed by atoms with Gasteiger partial charge in [-0.3, -0.25) is 9.59 Å². The average molecular weight is 380 g/mol. The van der Waals surface area contributed by atoms with E-state index < -0.39 is 17.8 Å². The van der Waals surface area contributed by atoms with Crippen molar-refractivity contribution < 1.29 is 19.2 Å². The molecule has 0 radical (unpaired) electrons. The molecule has 0 saturated carbocycles. The number of allylic oxidation sites excluding steroid dienone is 2. The predicted molar refractivity (Wildman–Crippen MR) is 107 cm³/mol. The van der Waals surface area contributed by atoms with E-state index in [9.17, 15) is 14.4 Å². The number of rotatable bonds is 16. The molecule has 0 aromatic heterocycles. The second-order valence-corrected chi connectivity index (χ2v) is 7.35. The Morgan fingerprint density at radius 2 is 1.30 bits per heavy atom. The van der Waals surface area contributed by atoms with E-state index in [2.05, 4.69) is 19.1 Å². The summed E-state index contributed by atoms with van der Waals surface area (Å²) >= 11 is 0. The van der Waals surface area contributed by atoms with Crippen LogP contribution in [0.4, 0.5) is 0 Å². The molecule has 27 heavy (non-hydrogen) atoms. The first-order valence-electron chi connectivity index (χ1n) is 10.9. The van der Waals surface area contributed by atoms with Crippen LogP contribution in [0.3, 0.4) is 0 Å². The molecule has 1 aliphatic heterocycles. The minimum absolute atomic E-state index is 0.141. The number of imide groups is 1. The Balaban J connectivity index is 1.82. The van der Waals surface area contributed by atoms with Crippen molar-refractivity contribution in [1.29, 1.82) is 0 Å². The minimum atomic E-state index is -0.483. The Kier molecular flexibility index (Phi) is 13.4. The smallest absolute Gasteiger partial charge is 0.330 e. The van der Waals surface area contributed by atoms with E-state index in [-0.39, 0.29) is 19.3 Å². The molecule has 1 fully saturated rings. The lowest BCUT2D eigenvalue weighted by molar-refractivity contribution is -0.197. The van der Waals surface area contributed by atoms with Crippen LogP contribution in [0.25, 0.3) is 0 Å². The summed E-state index contributed by atoms with van der Waals surface area (Å²) in [5.74, 6) is -1.31. The molecule has 1 aliphatic rings. The summed E-state index contributed by atoms with van der Waals surface area (Å²) in [6.45, 7) is 2.17. The highest BCUT2D eigenvalue weighted by atomic mass is 16.7. The van der Waals surface area contributed by atoms with Gasteiger partial charge in [0.1, 0.15) is 0 Å². The van der Waals surface area contributed by atoms with Gasteiger partial charge in [-0.1, -0.05) is 76.9 Å². The number of unbranched alkanes of at least 4 members (excludes halogenated alkanes) is 11. The molecule has 0 aliphatic carbocycles. The molecule has 0 spiro atoms. The molecule has 0 bridgehead atoms. The van der Waals surface area contributed by atoms with E-state index in [1.165, 1.54) is 57.8 Å². The Morgan fingerprint density at radius 1 is 0.815 bits per heavy atom. The van der Waals surface area contributed by atoms with Crippen molar-refractivity contribution >= 4 is 17.8 Å². The highest BCUT2D eigenvalue weighted by Crippen LogP contribution is 2.15. The standard InChI is InChI=1S/C22H37NO4/c1-2-3-4-5-6-7-8-9-10-11-12-13-14-15-16-17-22(26)27-23-20(24)18-19-21(23)25/h3-4H,2,5-19H2,1H3/b4-3-. The fourth-order valence-electron chi connectivity index (χ4n) is 3.21. The molecular formula is C22H37NO4. The first-order valence-corrected chi connectivity index (χ1v) is 10.9. The first-order chi connectivity index (χ1) is 13.1. The highest BCUT2D eigenvalue weighted by Gasteiger charge is 2.32. The number of hydrogen-bond donors (Lipinski definition) is 0. The van der Waals surface area contributed by atoms with Gasteiger partial charge in [-0.2, -0.15) is 0 Å². The molecule has 5 nitrogen and oxygen atoms in total. The lowest BCUT2D eigenvalue weighted by atomic mass is 10.0. The maximum atomic E-state index is 11.7. The molecule has 0 atom stereocenters. The fourth-order valence-corrected chi connectivity index (χ4v) is 3.21. The molecule has 154 valence electrons. The molecule has 0 unspecified atom stereocenters. The van der Waals surface area contributed by atoms with Gasteiger partial charge in [0, 0.05) is 19.3 Å². The number of hydrogen-bond acceptors (Lipinski definition) is 4. The second kappa shape index (κ2) is 15.4. The van der Waals surface area contributed by atoms with Crippen LogP contribution in [0.2, 0.25) is 0 Å². The molecule has 0 N–H and O–H groups in total. The van der Waals surface area contributed by atoms with Crippen LogP contribution in [0.15, 0.2) is 12.2 Å². The van der Waals surface area contributed by atoms with Crippen LogP contribution in [0.5, 0.6) is 0 Å². The lowest BCUT2D eigenvalue weighted by Gasteiger charge is -2.12. The van der Waals surface area contributed by atoms with Gasteiger partial charge in [-0.15, -0.1) is 5.06 Å². The van der Waals surface area contributed by atoms with Crippen molar-refractivity contribution in [2.24, 2.45) is 0 Å². The van der Waals surface area contributed by atoms with Gasteiger partial charge in [0.2, 0.25) is 0 Å². The molecular weight excluding hydrogens is 342 g/mol. The third-order valence-electron chi connectivity index (χ3n) is 4.85. The zero-order valence-corrected chi connectivity index (χ0v) is 17.0. The predicted octanol–water partition coefficient (Wildman–Crippen LogP) is 5.63. The van der Waals surface area contributed by atoms with Crippen molar-refractivity contribution in [2.75, 3.05) is 0 Å². The maximum absolute atomic E-state index is 11.7. The van der Waals surface area contributed by atoms with E-state index in [1.807, 2.05) is 0 Å². The van der Waals surface area contributed by atoms with Gasteiger partial charge in [0.15, 0.2) is 0 Å². The summed E-state index contributed by atoms with van der Waals surface area (Å²) in [6, 6.07) is 0. The minimum Gasteiger partial charge on any atom is -0.330 e. The van der Waals surface area contributed by atoms with Crippen molar-refractivity contribution in [1.82, 2.24) is 5.06 Å². The van der Waals surface area contributed by atoms with Crippen molar-refractivity contribution in [3.05, 3.63) is 12.2 Å². The Labute approximate surface area is 164 Å². The topological polar surface area (TPSA) is 63.7 Å². The largest absolute Gasteiger partial charge is 0.333 e. The van der Waals surface area contributed by atoms with Gasteiger partial charge < -0.3 is 4.84 Å². The quantitative estimate of drug-likeness (QED) is 0.198. The van der Waals surface area contributed by atoms with Gasteiger partial charge >= 0.3 is 5.97 Å².